The van der Waals surface area contributed by atoms with E-state index in [9.17, 15) is 14.4 Å². The first kappa shape index (κ1) is 22.9. The summed E-state index contributed by atoms with van der Waals surface area (Å²) in [5.41, 5.74) is 0.234. The summed E-state index contributed by atoms with van der Waals surface area (Å²) in [6, 6.07) is 9.89. The van der Waals surface area contributed by atoms with E-state index < -0.39 is 10.9 Å². The third-order valence-corrected chi connectivity index (χ3v) is 7.47. The number of anilines is 1. The van der Waals surface area contributed by atoms with E-state index in [1.807, 2.05) is 35.2 Å². The Bertz CT molecular complexity index is 846. The lowest BCUT2D eigenvalue weighted by molar-refractivity contribution is -0.142. The number of hydrogen-bond acceptors (Lipinski definition) is 4. The summed E-state index contributed by atoms with van der Waals surface area (Å²) in [4.78, 5) is 46.6. The first-order chi connectivity index (χ1) is 15.3. The lowest BCUT2D eigenvalue weighted by Crippen LogP contribution is -2.58. The van der Waals surface area contributed by atoms with Crippen LogP contribution in [0.5, 0.6) is 0 Å². The molecule has 8 heteroatoms. The van der Waals surface area contributed by atoms with Gasteiger partial charge < -0.3 is 19.6 Å². The van der Waals surface area contributed by atoms with Crippen LogP contribution in [0.25, 0.3) is 0 Å². The van der Waals surface area contributed by atoms with Gasteiger partial charge in [0, 0.05) is 31.9 Å². The van der Waals surface area contributed by atoms with Crippen molar-refractivity contribution in [2.75, 3.05) is 44.3 Å². The molecule has 0 N–H and O–H groups in total. The molecule has 3 aliphatic heterocycles. The predicted molar refractivity (Wildman–Crippen MR) is 124 cm³/mol. The maximum Gasteiger partial charge on any atom is 0.250 e. The summed E-state index contributed by atoms with van der Waals surface area (Å²) in [5, 5.41) is -0.574. The van der Waals surface area contributed by atoms with Crippen molar-refractivity contribution in [1.29, 1.82) is 0 Å². The Hall–Kier alpha value is -2.28. The number of alkyl halides is 1. The number of carbonyl (C=O) groups is 3. The highest BCUT2D eigenvalue weighted by Crippen LogP contribution is 2.39. The molecule has 4 rings (SSSR count). The van der Waals surface area contributed by atoms with Gasteiger partial charge in [0.2, 0.25) is 11.8 Å². The third-order valence-electron chi connectivity index (χ3n) is 7.29. The standard InChI is InChI=1S/C24H33ClN4O3/c1-18-8-12-26(13-9-18)21(30)16-28-17-29(20-6-4-3-5-7-20)24(23(28)32)10-14-27(15-11-24)22(31)19(2)25/h3-7,18-19H,8-17H2,1-2H3. The molecule has 0 saturated carbocycles. The Balaban J connectivity index is 1.52. The van der Waals surface area contributed by atoms with Gasteiger partial charge in [-0.05, 0) is 50.7 Å². The molecule has 3 amide bonds. The molecule has 0 aromatic heterocycles. The number of benzene rings is 1. The lowest BCUT2D eigenvalue weighted by atomic mass is 9.85. The van der Waals surface area contributed by atoms with Crippen molar-refractivity contribution in [3.05, 3.63) is 30.3 Å². The van der Waals surface area contributed by atoms with Gasteiger partial charge in [0.15, 0.2) is 0 Å². The average Bonchev–Trinajstić information content (AvgIpc) is 3.06. The fraction of sp³-hybridized carbons (Fsp3) is 0.625. The molecule has 32 heavy (non-hydrogen) atoms. The molecule has 1 unspecified atom stereocenters. The summed E-state index contributed by atoms with van der Waals surface area (Å²) < 4.78 is 0. The largest absolute Gasteiger partial charge is 0.341 e. The quantitative estimate of drug-likeness (QED) is 0.648. The summed E-state index contributed by atoms with van der Waals surface area (Å²) in [6.07, 6.45) is 3.09. The van der Waals surface area contributed by atoms with Crippen LogP contribution in [0.2, 0.25) is 0 Å². The zero-order valence-corrected chi connectivity index (χ0v) is 19.8. The predicted octanol–water partition coefficient (Wildman–Crippen LogP) is 2.54. The Morgan fingerprint density at radius 3 is 2.28 bits per heavy atom. The fourth-order valence-electron chi connectivity index (χ4n) is 5.19. The second kappa shape index (κ2) is 9.30. The zero-order chi connectivity index (χ0) is 22.9. The number of halogens is 1. The minimum absolute atomic E-state index is 0.00824. The van der Waals surface area contributed by atoms with E-state index in [1.165, 1.54) is 0 Å². The van der Waals surface area contributed by atoms with Gasteiger partial charge in [-0.15, -0.1) is 11.6 Å². The van der Waals surface area contributed by atoms with E-state index >= 15 is 0 Å². The molecule has 1 spiro atoms. The maximum absolute atomic E-state index is 13.7. The van der Waals surface area contributed by atoms with Crippen LogP contribution in [0.4, 0.5) is 5.69 Å². The Morgan fingerprint density at radius 1 is 1.06 bits per heavy atom. The van der Waals surface area contributed by atoms with Crippen LogP contribution >= 0.6 is 11.6 Å². The minimum Gasteiger partial charge on any atom is -0.341 e. The number of carbonyl (C=O) groups excluding carboxylic acids is 3. The summed E-state index contributed by atoms with van der Waals surface area (Å²) in [6.45, 7) is 6.90. The molecule has 0 radical (unpaired) electrons. The number of likely N-dealkylation sites (tertiary alicyclic amines) is 2. The molecular weight excluding hydrogens is 428 g/mol. The summed E-state index contributed by atoms with van der Waals surface area (Å²) in [7, 11) is 0. The second-order valence-corrected chi connectivity index (χ2v) is 10.1. The molecule has 7 nitrogen and oxygen atoms in total. The van der Waals surface area contributed by atoms with E-state index in [-0.39, 0.29) is 24.3 Å². The summed E-state index contributed by atoms with van der Waals surface area (Å²) >= 11 is 6.01. The molecule has 3 fully saturated rings. The molecule has 3 aliphatic rings. The molecule has 3 saturated heterocycles. The van der Waals surface area contributed by atoms with Gasteiger partial charge in [0.1, 0.15) is 17.5 Å². The molecular formula is C24H33ClN4O3. The van der Waals surface area contributed by atoms with Gasteiger partial charge in [-0.2, -0.15) is 0 Å². The number of amides is 3. The second-order valence-electron chi connectivity index (χ2n) is 9.44. The topological polar surface area (TPSA) is 64.2 Å². The molecule has 0 aliphatic carbocycles. The Kier molecular flexibility index (Phi) is 6.65. The van der Waals surface area contributed by atoms with Crippen molar-refractivity contribution < 1.29 is 14.4 Å². The number of rotatable bonds is 4. The average molecular weight is 461 g/mol. The van der Waals surface area contributed by atoms with Crippen molar-refractivity contribution in [1.82, 2.24) is 14.7 Å². The normalized spacial score (nSPS) is 22.5. The van der Waals surface area contributed by atoms with Crippen LogP contribution in [0, 0.1) is 5.92 Å². The molecule has 0 bridgehead atoms. The van der Waals surface area contributed by atoms with Crippen LogP contribution in [0.15, 0.2) is 30.3 Å². The van der Waals surface area contributed by atoms with Gasteiger partial charge in [0.25, 0.3) is 5.91 Å². The van der Waals surface area contributed by atoms with Gasteiger partial charge >= 0.3 is 0 Å². The molecule has 1 atom stereocenters. The highest BCUT2D eigenvalue weighted by atomic mass is 35.5. The number of para-hydroxylation sites is 1. The SMILES string of the molecule is CC1CCN(C(=O)CN2CN(c3ccccc3)C3(CCN(C(=O)C(C)Cl)CC3)C2=O)CC1. The van der Waals surface area contributed by atoms with Crippen LogP contribution in [-0.2, 0) is 14.4 Å². The third kappa shape index (κ3) is 4.32. The lowest BCUT2D eigenvalue weighted by Gasteiger charge is -2.43. The molecule has 174 valence electrons. The van der Waals surface area contributed by atoms with Gasteiger partial charge in [0.05, 0.1) is 6.67 Å². The molecule has 1 aromatic rings. The maximum atomic E-state index is 13.7. The number of hydrogen-bond donors (Lipinski definition) is 0. The van der Waals surface area contributed by atoms with Crippen molar-refractivity contribution in [3.8, 4) is 0 Å². The molecule has 3 heterocycles. The van der Waals surface area contributed by atoms with E-state index in [1.54, 1.807) is 16.7 Å². The van der Waals surface area contributed by atoms with Gasteiger partial charge in [-0.3, -0.25) is 14.4 Å². The number of piperidine rings is 2. The van der Waals surface area contributed by atoms with Crippen LogP contribution in [0.3, 0.4) is 0 Å². The zero-order valence-electron chi connectivity index (χ0n) is 19.0. The monoisotopic (exact) mass is 460 g/mol. The Labute approximate surface area is 195 Å². The van der Waals surface area contributed by atoms with Gasteiger partial charge in [-0.1, -0.05) is 25.1 Å². The van der Waals surface area contributed by atoms with E-state index in [2.05, 4.69) is 11.8 Å². The van der Waals surface area contributed by atoms with Crippen molar-refractivity contribution in [2.45, 2.75) is 50.4 Å². The van der Waals surface area contributed by atoms with Crippen molar-refractivity contribution in [2.24, 2.45) is 5.92 Å². The molecule has 1 aromatic carbocycles. The fourth-order valence-corrected chi connectivity index (χ4v) is 5.33. The minimum atomic E-state index is -0.732. The first-order valence-corrected chi connectivity index (χ1v) is 12.1. The number of nitrogens with zero attached hydrogens (tertiary/aromatic N) is 4. The van der Waals surface area contributed by atoms with Gasteiger partial charge in [-0.25, -0.2) is 0 Å². The van der Waals surface area contributed by atoms with Crippen LogP contribution in [0.1, 0.15) is 39.5 Å². The highest BCUT2D eigenvalue weighted by molar-refractivity contribution is 6.30. The van der Waals surface area contributed by atoms with Crippen LogP contribution in [-0.4, -0.2) is 82.7 Å². The van der Waals surface area contributed by atoms with Crippen LogP contribution < -0.4 is 4.90 Å². The van der Waals surface area contributed by atoms with E-state index in [0.29, 0.717) is 38.5 Å². The smallest absolute Gasteiger partial charge is 0.250 e. The Morgan fingerprint density at radius 2 is 1.69 bits per heavy atom. The van der Waals surface area contributed by atoms with E-state index in [4.69, 9.17) is 11.6 Å². The van der Waals surface area contributed by atoms with Crippen molar-refractivity contribution >= 4 is 35.0 Å². The van der Waals surface area contributed by atoms with E-state index in [0.717, 1.165) is 31.6 Å². The summed E-state index contributed by atoms with van der Waals surface area (Å²) in [5.74, 6) is 0.572. The highest BCUT2D eigenvalue weighted by Gasteiger charge is 2.54. The first-order valence-electron chi connectivity index (χ1n) is 11.6. The van der Waals surface area contributed by atoms with Crippen molar-refractivity contribution in [3.63, 3.8) is 0 Å².